The molecule has 1 saturated carbocycles. The van der Waals surface area contributed by atoms with Gasteiger partial charge in [0.25, 0.3) is 11.1 Å². The van der Waals surface area contributed by atoms with Crippen molar-refractivity contribution in [2.75, 3.05) is 12.0 Å². The molecule has 3 rings (SSSR count). The first kappa shape index (κ1) is 17.4. The van der Waals surface area contributed by atoms with Gasteiger partial charge in [0.2, 0.25) is 5.91 Å². The van der Waals surface area contributed by atoms with Gasteiger partial charge in [-0.05, 0) is 31.2 Å². The lowest BCUT2D eigenvalue weighted by Gasteiger charge is -2.36. The molecule has 0 aromatic heterocycles. The molecule has 1 saturated heterocycles. The molecule has 1 aliphatic carbocycles. The second-order valence-corrected chi connectivity index (χ2v) is 7.73. The summed E-state index contributed by atoms with van der Waals surface area (Å²) in [5, 5.41) is 2.89. The first-order chi connectivity index (χ1) is 11.6. The zero-order valence-corrected chi connectivity index (χ0v) is 15.1. The second kappa shape index (κ2) is 7.61. The highest BCUT2D eigenvalue weighted by molar-refractivity contribution is 8.14. The maximum absolute atomic E-state index is 12.7. The third-order valence-corrected chi connectivity index (χ3v) is 6.14. The molecule has 0 spiro atoms. The van der Waals surface area contributed by atoms with Gasteiger partial charge in [0, 0.05) is 4.90 Å². The zero-order valence-electron chi connectivity index (χ0n) is 13.5. The van der Waals surface area contributed by atoms with Crippen LogP contribution in [0.2, 0.25) is 0 Å². The van der Waals surface area contributed by atoms with Crippen LogP contribution in [-0.4, -0.2) is 46.0 Å². The van der Waals surface area contributed by atoms with Crippen LogP contribution in [-0.2, 0) is 4.79 Å². The number of amides is 3. The zero-order chi connectivity index (χ0) is 17.1. The van der Waals surface area contributed by atoms with E-state index in [9.17, 15) is 14.4 Å². The topological polar surface area (TPSA) is 66.5 Å². The van der Waals surface area contributed by atoms with Crippen LogP contribution in [0.1, 0.15) is 36.0 Å². The average Bonchev–Trinajstić information content (AvgIpc) is 2.94. The Bertz CT molecular complexity index is 649. The van der Waals surface area contributed by atoms with Crippen LogP contribution in [0.25, 0.3) is 0 Å². The quantitative estimate of drug-likeness (QED) is 0.832. The summed E-state index contributed by atoms with van der Waals surface area (Å²) in [7, 11) is 0. The highest BCUT2D eigenvalue weighted by atomic mass is 32.2. The monoisotopic (exact) mass is 364 g/mol. The van der Waals surface area contributed by atoms with E-state index in [1.54, 1.807) is 6.07 Å². The van der Waals surface area contributed by atoms with E-state index in [0.717, 1.165) is 42.3 Å². The van der Waals surface area contributed by atoms with Gasteiger partial charge in [-0.15, -0.1) is 11.8 Å². The summed E-state index contributed by atoms with van der Waals surface area (Å²) in [4.78, 5) is 39.1. The van der Waals surface area contributed by atoms with Crippen molar-refractivity contribution in [1.82, 2.24) is 10.2 Å². The van der Waals surface area contributed by atoms with Crippen LogP contribution >= 0.6 is 23.5 Å². The van der Waals surface area contributed by atoms with E-state index < -0.39 is 0 Å². The smallest absolute Gasteiger partial charge is 0.289 e. The fraction of sp³-hybridized carbons (Fsp3) is 0.471. The molecule has 128 valence electrons. The number of imide groups is 1. The fourth-order valence-electron chi connectivity index (χ4n) is 3.35. The van der Waals surface area contributed by atoms with Crippen molar-refractivity contribution in [3.05, 3.63) is 29.8 Å². The molecule has 2 atom stereocenters. The minimum absolute atomic E-state index is 0.136. The number of hydrogen-bond acceptors (Lipinski definition) is 5. The molecule has 1 aromatic carbocycles. The average molecular weight is 364 g/mol. The maximum atomic E-state index is 12.7. The molecule has 0 bridgehead atoms. The summed E-state index contributed by atoms with van der Waals surface area (Å²) in [6, 6.07) is 7.08. The van der Waals surface area contributed by atoms with E-state index in [4.69, 9.17) is 0 Å². The van der Waals surface area contributed by atoms with Crippen molar-refractivity contribution >= 4 is 40.6 Å². The number of thioether (sulfide) groups is 2. The number of carbonyl (C=O) groups is 3. The van der Waals surface area contributed by atoms with E-state index in [0.29, 0.717) is 5.56 Å². The largest absolute Gasteiger partial charge is 0.347 e. The lowest BCUT2D eigenvalue weighted by molar-refractivity contribution is -0.127. The normalized spacial score (nSPS) is 24.3. The lowest BCUT2D eigenvalue weighted by atomic mass is 9.89. The third kappa shape index (κ3) is 3.47. The van der Waals surface area contributed by atoms with Crippen molar-refractivity contribution < 1.29 is 14.4 Å². The highest BCUT2D eigenvalue weighted by Gasteiger charge is 2.41. The molecule has 2 aliphatic rings. The summed E-state index contributed by atoms with van der Waals surface area (Å²) < 4.78 is 0. The predicted octanol–water partition coefficient (Wildman–Crippen LogP) is 3.14. The van der Waals surface area contributed by atoms with Gasteiger partial charge in [-0.1, -0.05) is 36.7 Å². The highest BCUT2D eigenvalue weighted by Crippen LogP contribution is 2.30. The van der Waals surface area contributed by atoms with E-state index in [-0.39, 0.29) is 34.9 Å². The van der Waals surface area contributed by atoms with Crippen LogP contribution in [0.4, 0.5) is 4.79 Å². The van der Waals surface area contributed by atoms with Crippen molar-refractivity contribution in [3.63, 3.8) is 0 Å². The van der Waals surface area contributed by atoms with Gasteiger partial charge in [-0.2, -0.15) is 0 Å². The molecule has 1 aliphatic heterocycles. The molecule has 1 aromatic rings. The van der Waals surface area contributed by atoms with Crippen molar-refractivity contribution in [2.24, 2.45) is 0 Å². The predicted molar refractivity (Wildman–Crippen MR) is 96.4 cm³/mol. The first-order valence-electron chi connectivity index (χ1n) is 8.04. The van der Waals surface area contributed by atoms with Crippen LogP contribution in [0.3, 0.4) is 0 Å². The van der Waals surface area contributed by atoms with E-state index in [1.807, 2.05) is 24.5 Å². The summed E-state index contributed by atoms with van der Waals surface area (Å²) in [5.74, 6) is -0.0602. The van der Waals surface area contributed by atoms with Gasteiger partial charge in [-0.25, -0.2) is 0 Å². The second-order valence-electron chi connectivity index (χ2n) is 5.95. The van der Waals surface area contributed by atoms with Crippen molar-refractivity contribution in [2.45, 2.75) is 42.7 Å². The number of nitrogens with zero attached hydrogens (tertiary/aromatic N) is 1. The van der Waals surface area contributed by atoms with Gasteiger partial charge in [-0.3, -0.25) is 19.3 Å². The Hall–Kier alpha value is -1.47. The Morgan fingerprint density at radius 2 is 2.00 bits per heavy atom. The van der Waals surface area contributed by atoms with E-state index in [2.05, 4.69) is 5.32 Å². The Balaban J connectivity index is 1.77. The van der Waals surface area contributed by atoms with Gasteiger partial charge >= 0.3 is 0 Å². The molecule has 24 heavy (non-hydrogen) atoms. The number of hydrogen-bond donors (Lipinski definition) is 1. The van der Waals surface area contributed by atoms with Crippen LogP contribution in [0.5, 0.6) is 0 Å². The number of benzene rings is 1. The molecule has 3 amide bonds. The Labute approximate surface area is 149 Å². The minimum Gasteiger partial charge on any atom is -0.347 e. The van der Waals surface area contributed by atoms with Gasteiger partial charge in [0.1, 0.15) is 0 Å². The summed E-state index contributed by atoms with van der Waals surface area (Å²) >= 11 is 2.58. The molecule has 1 heterocycles. The van der Waals surface area contributed by atoms with Gasteiger partial charge in [0.15, 0.2) is 0 Å². The fourth-order valence-corrected chi connectivity index (χ4v) is 4.71. The van der Waals surface area contributed by atoms with E-state index >= 15 is 0 Å². The number of nitrogens with one attached hydrogen (secondary N) is 1. The van der Waals surface area contributed by atoms with Gasteiger partial charge < -0.3 is 5.32 Å². The van der Waals surface area contributed by atoms with Crippen LogP contribution in [0.15, 0.2) is 29.2 Å². The molecular weight excluding hydrogens is 344 g/mol. The molecular formula is C17H20N2O3S2. The van der Waals surface area contributed by atoms with Crippen molar-refractivity contribution in [3.8, 4) is 0 Å². The molecule has 2 fully saturated rings. The molecule has 5 nitrogen and oxygen atoms in total. The summed E-state index contributed by atoms with van der Waals surface area (Å²) in [6.07, 6.45) is 5.45. The molecule has 2 unspecified atom stereocenters. The molecule has 0 radical (unpaired) electrons. The van der Waals surface area contributed by atoms with E-state index in [1.165, 1.54) is 16.7 Å². The maximum Gasteiger partial charge on any atom is 0.289 e. The molecule has 1 N–H and O–H groups in total. The summed E-state index contributed by atoms with van der Waals surface area (Å²) in [6.45, 7) is 0. The van der Waals surface area contributed by atoms with Gasteiger partial charge in [0.05, 0.1) is 23.4 Å². The number of carbonyl (C=O) groups excluding carboxylic acids is 3. The van der Waals surface area contributed by atoms with Crippen LogP contribution < -0.4 is 5.32 Å². The first-order valence-corrected chi connectivity index (χ1v) is 10.3. The van der Waals surface area contributed by atoms with Crippen molar-refractivity contribution in [1.29, 1.82) is 0 Å². The Kier molecular flexibility index (Phi) is 5.50. The molecule has 7 heteroatoms. The SMILES string of the molecule is CSc1ccccc1C(=O)NC1CCCCC1N1C(=O)CSC1=O. The third-order valence-electron chi connectivity index (χ3n) is 4.51. The minimum atomic E-state index is -0.223. The van der Waals surface area contributed by atoms with Crippen LogP contribution in [0, 0.1) is 0 Å². The lowest BCUT2D eigenvalue weighted by Crippen LogP contribution is -2.54. The Morgan fingerprint density at radius 1 is 1.25 bits per heavy atom. The number of rotatable bonds is 4. The summed E-state index contributed by atoms with van der Waals surface area (Å²) in [5.41, 5.74) is 0.641. The standard InChI is InChI=1S/C17H20N2O3S2/c1-23-14-9-5-2-6-11(14)16(21)18-12-7-3-4-8-13(12)19-15(20)10-24-17(19)22/h2,5-6,9,12-13H,3-4,7-8,10H2,1H3,(H,18,21). The Morgan fingerprint density at radius 3 is 2.71 bits per heavy atom.